The first-order chi connectivity index (χ1) is 9.54. The second-order valence-corrected chi connectivity index (χ2v) is 5.97. The van der Waals surface area contributed by atoms with Gasteiger partial charge in [0.1, 0.15) is 5.75 Å². The first-order valence-corrected chi connectivity index (χ1v) is 7.23. The first-order valence-electron chi connectivity index (χ1n) is 7.23. The second kappa shape index (κ2) is 6.27. The summed E-state index contributed by atoms with van der Waals surface area (Å²) in [6.45, 7) is 2.18. The maximum absolute atomic E-state index is 12.1. The first kappa shape index (κ1) is 14.9. The smallest absolute Gasteiger partial charge is 0.225 e. The molecule has 1 saturated carbocycles. The predicted molar refractivity (Wildman–Crippen MR) is 77.4 cm³/mol. The lowest BCUT2D eigenvalue weighted by Crippen LogP contribution is -2.53. The Labute approximate surface area is 119 Å². The van der Waals surface area contributed by atoms with Crippen LogP contribution in [0.2, 0.25) is 0 Å². The highest BCUT2D eigenvalue weighted by molar-refractivity contribution is 5.80. The summed E-state index contributed by atoms with van der Waals surface area (Å²) in [5, 5.41) is 22.3. The van der Waals surface area contributed by atoms with Gasteiger partial charge >= 0.3 is 0 Å². The molecular weight excluding hydrogens is 254 g/mol. The molecule has 1 fully saturated rings. The van der Waals surface area contributed by atoms with Crippen molar-refractivity contribution in [1.82, 2.24) is 5.32 Å². The number of nitrogens with one attached hydrogen (secondary N) is 1. The topological polar surface area (TPSA) is 69.6 Å². The van der Waals surface area contributed by atoms with E-state index in [0.717, 1.165) is 25.7 Å². The van der Waals surface area contributed by atoms with Crippen molar-refractivity contribution in [3.8, 4) is 5.75 Å². The van der Waals surface area contributed by atoms with Crippen LogP contribution in [0.1, 0.15) is 38.2 Å². The average Bonchev–Trinajstić information content (AvgIpc) is 2.44. The zero-order chi connectivity index (χ0) is 14.6. The molecule has 1 amide bonds. The highest BCUT2D eigenvalue weighted by Crippen LogP contribution is 2.31. The van der Waals surface area contributed by atoms with Gasteiger partial charge in [0.2, 0.25) is 5.91 Å². The number of phenolic OH excluding ortho intramolecular Hbond substituents is 1. The average molecular weight is 277 g/mol. The molecule has 0 bridgehead atoms. The number of hydrogen-bond acceptors (Lipinski definition) is 3. The molecular formula is C16H23NO3. The van der Waals surface area contributed by atoms with Gasteiger partial charge < -0.3 is 15.5 Å². The minimum Gasteiger partial charge on any atom is -0.508 e. The largest absolute Gasteiger partial charge is 0.508 e. The number of hydrogen-bond donors (Lipinski definition) is 3. The normalized spacial score (nSPS) is 26.2. The third kappa shape index (κ3) is 3.51. The fourth-order valence-corrected chi connectivity index (χ4v) is 2.81. The Morgan fingerprint density at radius 2 is 2.00 bits per heavy atom. The van der Waals surface area contributed by atoms with Crippen LogP contribution in [0.4, 0.5) is 0 Å². The highest BCUT2D eigenvalue weighted by atomic mass is 16.3. The summed E-state index contributed by atoms with van der Waals surface area (Å²) in [5.74, 6) is 0.651. The molecule has 0 aliphatic heterocycles. The maximum Gasteiger partial charge on any atom is 0.225 e. The monoisotopic (exact) mass is 277 g/mol. The summed E-state index contributed by atoms with van der Waals surface area (Å²) in [6.07, 6.45) is 3.83. The van der Waals surface area contributed by atoms with E-state index < -0.39 is 5.54 Å². The van der Waals surface area contributed by atoms with E-state index in [9.17, 15) is 15.0 Å². The SMILES string of the molecule is CC1CCC(CO)(NC(=O)Cc2ccccc2O)CC1. The van der Waals surface area contributed by atoms with Crippen LogP contribution in [0.5, 0.6) is 5.75 Å². The Balaban J connectivity index is 1.98. The van der Waals surface area contributed by atoms with Crippen molar-refractivity contribution >= 4 is 5.91 Å². The van der Waals surface area contributed by atoms with Gasteiger partial charge in [-0.3, -0.25) is 4.79 Å². The molecule has 0 saturated heterocycles. The van der Waals surface area contributed by atoms with Gasteiger partial charge in [-0.1, -0.05) is 25.1 Å². The molecule has 1 aromatic rings. The van der Waals surface area contributed by atoms with Crippen LogP contribution >= 0.6 is 0 Å². The summed E-state index contributed by atoms with van der Waals surface area (Å²) in [7, 11) is 0. The van der Waals surface area contributed by atoms with Crippen LogP contribution < -0.4 is 5.32 Å². The molecule has 1 aliphatic carbocycles. The van der Waals surface area contributed by atoms with Gasteiger partial charge in [-0.25, -0.2) is 0 Å². The van der Waals surface area contributed by atoms with Gasteiger partial charge in [0.25, 0.3) is 0 Å². The van der Waals surface area contributed by atoms with Gasteiger partial charge in [0, 0.05) is 5.56 Å². The van der Waals surface area contributed by atoms with Gasteiger partial charge in [0.15, 0.2) is 0 Å². The molecule has 1 aromatic carbocycles. The predicted octanol–water partition coefficient (Wildman–Crippen LogP) is 1.99. The number of carbonyl (C=O) groups excluding carboxylic acids is 1. The van der Waals surface area contributed by atoms with E-state index in [0.29, 0.717) is 11.5 Å². The number of phenols is 1. The highest BCUT2D eigenvalue weighted by Gasteiger charge is 2.34. The van der Waals surface area contributed by atoms with Crippen LogP contribution in [0, 0.1) is 5.92 Å². The van der Waals surface area contributed by atoms with Crippen molar-refractivity contribution in [3.05, 3.63) is 29.8 Å². The number of aromatic hydroxyl groups is 1. The van der Waals surface area contributed by atoms with Crippen LogP contribution in [-0.2, 0) is 11.2 Å². The van der Waals surface area contributed by atoms with Crippen molar-refractivity contribution in [2.24, 2.45) is 5.92 Å². The van der Waals surface area contributed by atoms with E-state index in [2.05, 4.69) is 12.2 Å². The summed E-state index contributed by atoms with van der Waals surface area (Å²) in [4.78, 5) is 12.1. The molecule has 0 aromatic heterocycles. The fourth-order valence-electron chi connectivity index (χ4n) is 2.81. The van der Waals surface area contributed by atoms with E-state index in [4.69, 9.17) is 0 Å². The van der Waals surface area contributed by atoms with Crippen LogP contribution in [0.25, 0.3) is 0 Å². The molecule has 0 spiro atoms. The van der Waals surface area contributed by atoms with Crippen molar-refractivity contribution in [3.63, 3.8) is 0 Å². The Hall–Kier alpha value is -1.55. The number of carbonyl (C=O) groups is 1. The van der Waals surface area contributed by atoms with Crippen molar-refractivity contribution in [2.45, 2.75) is 44.6 Å². The zero-order valence-corrected chi connectivity index (χ0v) is 11.9. The number of aliphatic hydroxyl groups excluding tert-OH is 1. The Kier molecular flexibility index (Phi) is 4.65. The molecule has 110 valence electrons. The van der Waals surface area contributed by atoms with Gasteiger partial charge in [-0.2, -0.15) is 0 Å². The van der Waals surface area contributed by atoms with E-state index >= 15 is 0 Å². The summed E-state index contributed by atoms with van der Waals surface area (Å²) >= 11 is 0. The van der Waals surface area contributed by atoms with Crippen molar-refractivity contribution in [1.29, 1.82) is 0 Å². The van der Waals surface area contributed by atoms with Crippen LogP contribution in [-0.4, -0.2) is 28.3 Å². The third-order valence-electron chi connectivity index (χ3n) is 4.28. The van der Waals surface area contributed by atoms with Gasteiger partial charge in [-0.15, -0.1) is 0 Å². The number of amides is 1. The Morgan fingerprint density at radius 1 is 1.35 bits per heavy atom. The third-order valence-corrected chi connectivity index (χ3v) is 4.28. The molecule has 2 rings (SSSR count). The van der Waals surface area contributed by atoms with Crippen molar-refractivity contribution < 1.29 is 15.0 Å². The molecule has 0 unspecified atom stereocenters. The number of benzene rings is 1. The molecule has 0 heterocycles. The van der Waals surface area contributed by atoms with E-state index in [-0.39, 0.29) is 24.7 Å². The molecule has 0 atom stereocenters. The molecule has 3 N–H and O–H groups in total. The minimum absolute atomic E-state index is 0.0216. The summed E-state index contributed by atoms with van der Waals surface area (Å²) in [6, 6.07) is 6.84. The number of aliphatic hydroxyl groups is 1. The summed E-state index contributed by atoms with van der Waals surface area (Å²) in [5.41, 5.74) is 0.135. The van der Waals surface area contributed by atoms with Gasteiger partial charge in [0.05, 0.1) is 18.6 Å². The second-order valence-electron chi connectivity index (χ2n) is 5.97. The lowest BCUT2D eigenvalue weighted by atomic mass is 9.77. The van der Waals surface area contributed by atoms with Crippen molar-refractivity contribution in [2.75, 3.05) is 6.61 Å². The number of para-hydroxylation sites is 1. The zero-order valence-electron chi connectivity index (χ0n) is 11.9. The van der Waals surface area contributed by atoms with E-state index in [1.807, 2.05) is 0 Å². The molecule has 20 heavy (non-hydrogen) atoms. The quantitative estimate of drug-likeness (QED) is 0.788. The van der Waals surface area contributed by atoms with Crippen LogP contribution in [0.15, 0.2) is 24.3 Å². The Bertz CT molecular complexity index is 465. The minimum atomic E-state index is -0.478. The lowest BCUT2D eigenvalue weighted by molar-refractivity contribution is -0.123. The fraction of sp³-hybridized carbons (Fsp3) is 0.562. The molecule has 0 radical (unpaired) electrons. The van der Waals surface area contributed by atoms with Gasteiger partial charge in [-0.05, 0) is 37.7 Å². The molecule has 1 aliphatic rings. The number of rotatable bonds is 4. The maximum atomic E-state index is 12.1. The van der Waals surface area contributed by atoms with Crippen LogP contribution in [0.3, 0.4) is 0 Å². The van der Waals surface area contributed by atoms with E-state index in [1.165, 1.54) is 0 Å². The lowest BCUT2D eigenvalue weighted by Gasteiger charge is -2.38. The molecule has 4 heteroatoms. The Morgan fingerprint density at radius 3 is 2.60 bits per heavy atom. The summed E-state index contributed by atoms with van der Waals surface area (Å²) < 4.78 is 0. The standard InChI is InChI=1S/C16H23NO3/c1-12-6-8-16(11-18,9-7-12)17-15(20)10-13-4-2-3-5-14(13)19/h2-5,12,18-19H,6-11H2,1H3,(H,17,20). The molecule has 4 nitrogen and oxygen atoms in total. The van der Waals surface area contributed by atoms with E-state index in [1.54, 1.807) is 24.3 Å².